The topological polar surface area (TPSA) is 40.9 Å². The quantitative estimate of drug-likeness (QED) is 0.783. The van der Waals surface area contributed by atoms with Crippen LogP contribution in [0.15, 0.2) is 24.3 Å². The maximum Gasteiger partial charge on any atom is 0.157 e. The van der Waals surface area contributed by atoms with Gasteiger partial charge in [-0.1, -0.05) is 52.0 Å². The van der Waals surface area contributed by atoms with Crippen LogP contribution in [-0.2, 0) is 4.79 Å². The molecule has 2 atom stereocenters. The van der Waals surface area contributed by atoms with Crippen LogP contribution in [0.1, 0.15) is 57.1 Å². The maximum absolute atomic E-state index is 12.1. The number of hydrogen-bond acceptors (Lipinski definition) is 2. The van der Waals surface area contributed by atoms with E-state index in [0.717, 1.165) is 12.0 Å². The fraction of sp³-hybridized carbons (Fsp3) is 0.500. The summed E-state index contributed by atoms with van der Waals surface area (Å²) in [5, 5.41) is 9.20. The monoisotopic (exact) mass is 243 g/mol. The first-order valence-corrected chi connectivity index (χ1v) is 6.54. The highest BCUT2D eigenvalue weighted by Crippen LogP contribution is 2.23. The van der Waals surface area contributed by atoms with Crippen LogP contribution < -0.4 is 0 Å². The van der Waals surface area contributed by atoms with E-state index in [1.807, 2.05) is 38.1 Å². The summed E-state index contributed by atoms with van der Waals surface area (Å²) < 4.78 is 0. The van der Waals surface area contributed by atoms with Crippen LogP contribution in [0.25, 0.3) is 0 Å². The van der Waals surface area contributed by atoms with Crippen molar-refractivity contribution in [3.05, 3.63) is 35.4 Å². The minimum Gasteiger partial charge on any atom is -0.298 e. The number of nitrogens with zero attached hydrogens (tertiary/aromatic N) is 1. The normalized spacial score (nSPS) is 14.0. The van der Waals surface area contributed by atoms with Gasteiger partial charge in [-0.05, 0) is 23.5 Å². The molecule has 1 aromatic carbocycles. The van der Waals surface area contributed by atoms with Crippen LogP contribution in [0, 0.1) is 17.2 Å². The molecule has 2 heteroatoms. The molecule has 0 aromatic heterocycles. The molecule has 2 unspecified atom stereocenters. The lowest BCUT2D eigenvalue weighted by Gasteiger charge is -2.14. The molecule has 0 bridgehead atoms. The number of nitriles is 1. The van der Waals surface area contributed by atoms with Gasteiger partial charge in [0.25, 0.3) is 0 Å². The zero-order chi connectivity index (χ0) is 13.7. The highest BCUT2D eigenvalue weighted by molar-refractivity contribution is 5.90. The van der Waals surface area contributed by atoms with Crippen LogP contribution in [0.4, 0.5) is 0 Å². The molecule has 0 aliphatic heterocycles. The Morgan fingerprint density at radius 3 is 2.06 bits per heavy atom. The summed E-state index contributed by atoms with van der Waals surface area (Å²) in [6.07, 6.45) is 0.779. The molecule has 18 heavy (non-hydrogen) atoms. The van der Waals surface area contributed by atoms with E-state index in [2.05, 4.69) is 19.9 Å². The highest BCUT2D eigenvalue weighted by atomic mass is 16.1. The summed E-state index contributed by atoms with van der Waals surface area (Å²) in [4.78, 5) is 12.1. The zero-order valence-corrected chi connectivity index (χ0v) is 11.6. The molecule has 0 aliphatic rings. The molecule has 1 rings (SSSR count). The molecule has 0 fully saturated rings. The third kappa shape index (κ3) is 3.20. The summed E-state index contributed by atoms with van der Waals surface area (Å²) in [6.45, 7) is 8.11. The van der Waals surface area contributed by atoms with Crippen LogP contribution in [0.3, 0.4) is 0 Å². The predicted octanol–water partition coefficient (Wildman–Crippen LogP) is 4.03. The average molecular weight is 243 g/mol. The fourth-order valence-electron chi connectivity index (χ4n) is 1.86. The number of rotatable bonds is 5. The van der Waals surface area contributed by atoms with E-state index in [1.54, 1.807) is 0 Å². The molecule has 96 valence electrons. The first-order chi connectivity index (χ1) is 8.51. The SMILES string of the molecule is CCC(C)C(=O)C(C#N)c1ccc(C(C)C)cc1. The molecule has 0 saturated heterocycles. The van der Waals surface area contributed by atoms with Crippen LogP contribution in [-0.4, -0.2) is 5.78 Å². The van der Waals surface area contributed by atoms with Crippen molar-refractivity contribution in [3.8, 4) is 6.07 Å². The van der Waals surface area contributed by atoms with Crippen molar-refractivity contribution in [2.75, 3.05) is 0 Å². The minimum atomic E-state index is -0.624. The van der Waals surface area contributed by atoms with Crippen molar-refractivity contribution >= 4 is 5.78 Å². The van der Waals surface area contributed by atoms with Crippen LogP contribution in [0.5, 0.6) is 0 Å². The molecule has 2 nitrogen and oxygen atoms in total. The van der Waals surface area contributed by atoms with Gasteiger partial charge in [0, 0.05) is 5.92 Å². The summed E-state index contributed by atoms with van der Waals surface area (Å²) in [5.74, 6) is -0.192. The van der Waals surface area contributed by atoms with Gasteiger partial charge in [-0.3, -0.25) is 4.79 Å². The van der Waals surface area contributed by atoms with Gasteiger partial charge in [-0.15, -0.1) is 0 Å². The van der Waals surface area contributed by atoms with Crippen molar-refractivity contribution in [3.63, 3.8) is 0 Å². The lowest BCUT2D eigenvalue weighted by molar-refractivity contribution is -0.122. The van der Waals surface area contributed by atoms with E-state index in [4.69, 9.17) is 0 Å². The van der Waals surface area contributed by atoms with Crippen LogP contribution >= 0.6 is 0 Å². The number of carbonyl (C=O) groups excluding carboxylic acids is 1. The Morgan fingerprint density at radius 2 is 1.67 bits per heavy atom. The molecule has 0 heterocycles. The first kappa shape index (κ1) is 14.4. The number of carbonyl (C=O) groups is 1. The van der Waals surface area contributed by atoms with Gasteiger partial charge in [-0.2, -0.15) is 5.26 Å². The third-order valence-corrected chi connectivity index (χ3v) is 3.45. The van der Waals surface area contributed by atoms with Gasteiger partial charge >= 0.3 is 0 Å². The van der Waals surface area contributed by atoms with E-state index in [9.17, 15) is 10.1 Å². The average Bonchev–Trinajstić information content (AvgIpc) is 2.39. The molecular weight excluding hydrogens is 222 g/mol. The van der Waals surface area contributed by atoms with Crippen molar-refractivity contribution < 1.29 is 4.79 Å². The zero-order valence-electron chi connectivity index (χ0n) is 11.6. The Balaban J connectivity index is 2.97. The number of hydrogen-bond donors (Lipinski definition) is 0. The van der Waals surface area contributed by atoms with Gasteiger partial charge < -0.3 is 0 Å². The molecule has 0 spiro atoms. The molecule has 0 amide bonds. The third-order valence-electron chi connectivity index (χ3n) is 3.45. The lowest BCUT2D eigenvalue weighted by atomic mass is 9.87. The molecule has 0 radical (unpaired) electrons. The van der Waals surface area contributed by atoms with Crippen molar-refractivity contribution in [2.24, 2.45) is 5.92 Å². The second-order valence-corrected chi connectivity index (χ2v) is 5.10. The van der Waals surface area contributed by atoms with Gasteiger partial charge in [0.15, 0.2) is 5.78 Å². The van der Waals surface area contributed by atoms with Gasteiger partial charge in [0.2, 0.25) is 0 Å². The maximum atomic E-state index is 12.1. The molecule has 1 aromatic rings. The number of benzene rings is 1. The van der Waals surface area contributed by atoms with E-state index in [-0.39, 0.29) is 11.7 Å². The molecule has 0 N–H and O–H groups in total. The fourth-order valence-corrected chi connectivity index (χ4v) is 1.86. The Hall–Kier alpha value is -1.62. The number of ketones is 1. The van der Waals surface area contributed by atoms with Crippen LogP contribution in [0.2, 0.25) is 0 Å². The summed E-state index contributed by atoms with van der Waals surface area (Å²) in [6, 6.07) is 9.96. The van der Waals surface area contributed by atoms with Gasteiger partial charge in [-0.25, -0.2) is 0 Å². The van der Waals surface area contributed by atoms with Crippen molar-refractivity contribution in [2.45, 2.75) is 46.0 Å². The highest BCUT2D eigenvalue weighted by Gasteiger charge is 2.24. The summed E-state index contributed by atoms with van der Waals surface area (Å²) >= 11 is 0. The minimum absolute atomic E-state index is 0.0253. The molecule has 0 saturated carbocycles. The Kier molecular flexibility index (Phi) is 5.09. The Bertz CT molecular complexity index is 439. The lowest BCUT2D eigenvalue weighted by Crippen LogP contribution is -2.18. The Labute approximate surface area is 110 Å². The van der Waals surface area contributed by atoms with Crippen molar-refractivity contribution in [1.29, 1.82) is 5.26 Å². The largest absolute Gasteiger partial charge is 0.298 e. The second-order valence-electron chi connectivity index (χ2n) is 5.10. The smallest absolute Gasteiger partial charge is 0.157 e. The van der Waals surface area contributed by atoms with E-state index < -0.39 is 5.92 Å². The van der Waals surface area contributed by atoms with Gasteiger partial charge in [0.05, 0.1) is 6.07 Å². The second kappa shape index (κ2) is 6.35. The number of Topliss-reactive ketones (excluding diaryl/α,β-unsaturated/α-hetero) is 1. The van der Waals surface area contributed by atoms with E-state index in [1.165, 1.54) is 5.56 Å². The summed E-state index contributed by atoms with van der Waals surface area (Å²) in [7, 11) is 0. The summed E-state index contributed by atoms with van der Waals surface area (Å²) in [5.41, 5.74) is 2.04. The Morgan fingerprint density at radius 1 is 1.17 bits per heavy atom. The standard InChI is InChI=1S/C16H21NO/c1-5-12(4)16(18)15(10-17)14-8-6-13(7-9-14)11(2)3/h6-9,11-12,15H,5H2,1-4H3. The molecular formula is C16H21NO. The van der Waals surface area contributed by atoms with E-state index >= 15 is 0 Å². The van der Waals surface area contributed by atoms with Crippen molar-refractivity contribution in [1.82, 2.24) is 0 Å². The predicted molar refractivity (Wildman–Crippen MR) is 73.3 cm³/mol. The molecule has 0 aliphatic carbocycles. The first-order valence-electron chi connectivity index (χ1n) is 6.54. The van der Waals surface area contributed by atoms with E-state index in [0.29, 0.717) is 5.92 Å². The van der Waals surface area contributed by atoms with Gasteiger partial charge in [0.1, 0.15) is 5.92 Å².